The van der Waals surface area contributed by atoms with E-state index in [4.69, 9.17) is 9.47 Å². The standard InChI is InChI=1S/C23H27FN2O5S2/c1-32-14-11-18(26-33(28,29)21-8-4-3-7-17(21)24)22(27)25-16-9-10-19-20(15-16)31-23(30-19)12-5-2-6-13-23/h3-4,7-10,15,18,26H,2,5-6,11-14H2,1H3,(H,25,27). The van der Waals surface area contributed by atoms with Gasteiger partial charge in [-0.05, 0) is 55.5 Å². The first-order chi connectivity index (χ1) is 15.8. The Labute approximate surface area is 197 Å². The number of amides is 1. The molecule has 0 saturated heterocycles. The van der Waals surface area contributed by atoms with E-state index in [0.29, 0.717) is 22.9 Å². The SMILES string of the molecule is CSCCC(NS(=O)(=O)c1ccccc1F)C(=O)Nc1ccc2c(c1)OC1(CCCCC1)O2. The Hall–Kier alpha value is -2.30. The van der Waals surface area contributed by atoms with Crippen LogP contribution in [-0.4, -0.2) is 38.2 Å². The van der Waals surface area contributed by atoms with E-state index in [0.717, 1.165) is 38.2 Å². The van der Waals surface area contributed by atoms with Crippen molar-refractivity contribution in [2.75, 3.05) is 17.3 Å². The van der Waals surface area contributed by atoms with Gasteiger partial charge in [0.05, 0.1) is 0 Å². The second-order valence-corrected chi connectivity index (χ2v) is 10.9. The van der Waals surface area contributed by atoms with Crippen LogP contribution in [0.4, 0.5) is 10.1 Å². The number of thioether (sulfide) groups is 1. The van der Waals surface area contributed by atoms with Crippen LogP contribution in [0.3, 0.4) is 0 Å². The molecule has 1 saturated carbocycles. The number of nitrogens with one attached hydrogen (secondary N) is 2. The van der Waals surface area contributed by atoms with Crippen LogP contribution < -0.4 is 19.5 Å². The summed E-state index contributed by atoms with van der Waals surface area (Å²) in [6.07, 6.45) is 6.98. The quantitative estimate of drug-likeness (QED) is 0.569. The summed E-state index contributed by atoms with van der Waals surface area (Å²) in [6, 6.07) is 9.12. The monoisotopic (exact) mass is 494 g/mol. The molecule has 2 aromatic carbocycles. The highest BCUT2D eigenvalue weighted by atomic mass is 32.2. The Balaban J connectivity index is 1.48. The summed E-state index contributed by atoms with van der Waals surface area (Å²) in [5, 5.41) is 2.76. The maximum Gasteiger partial charge on any atom is 0.251 e. The van der Waals surface area contributed by atoms with Gasteiger partial charge in [0.25, 0.3) is 5.79 Å². The van der Waals surface area contributed by atoms with Gasteiger partial charge in [-0.15, -0.1) is 0 Å². The Morgan fingerprint density at radius 1 is 1.12 bits per heavy atom. The number of carbonyl (C=O) groups is 1. The fourth-order valence-corrected chi connectivity index (χ4v) is 5.87. The van der Waals surface area contributed by atoms with Crippen LogP contribution >= 0.6 is 11.8 Å². The van der Waals surface area contributed by atoms with Gasteiger partial charge in [-0.3, -0.25) is 4.79 Å². The number of rotatable bonds is 8. The second-order valence-electron chi connectivity index (χ2n) is 8.21. The highest BCUT2D eigenvalue weighted by Gasteiger charge is 2.42. The highest BCUT2D eigenvalue weighted by Crippen LogP contribution is 2.46. The molecule has 0 radical (unpaired) electrons. The molecule has 1 fully saturated rings. The second kappa shape index (κ2) is 9.90. The highest BCUT2D eigenvalue weighted by molar-refractivity contribution is 7.98. The van der Waals surface area contributed by atoms with Crippen molar-refractivity contribution in [3.8, 4) is 11.5 Å². The van der Waals surface area contributed by atoms with Gasteiger partial charge in [-0.1, -0.05) is 18.6 Å². The zero-order valence-electron chi connectivity index (χ0n) is 18.3. The van der Waals surface area contributed by atoms with Crippen LogP contribution in [0, 0.1) is 5.82 Å². The molecule has 10 heteroatoms. The van der Waals surface area contributed by atoms with Crippen molar-refractivity contribution in [3.63, 3.8) is 0 Å². The van der Waals surface area contributed by atoms with E-state index in [2.05, 4.69) is 10.0 Å². The number of fused-ring (bicyclic) bond motifs is 1. The third kappa shape index (κ3) is 5.44. The number of hydrogen-bond donors (Lipinski definition) is 2. The zero-order valence-corrected chi connectivity index (χ0v) is 19.9. The van der Waals surface area contributed by atoms with Gasteiger partial charge >= 0.3 is 0 Å². The number of benzene rings is 2. The predicted molar refractivity (Wildman–Crippen MR) is 126 cm³/mol. The van der Waals surface area contributed by atoms with Crippen LogP contribution in [0.5, 0.6) is 11.5 Å². The van der Waals surface area contributed by atoms with Crippen LogP contribution in [-0.2, 0) is 14.8 Å². The summed E-state index contributed by atoms with van der Waals surface area (Å²) in [5.41, 5.74) is 0.467. The maximum atomic E-state index is 14.1. The summed E-state index contributed by atoms with van der Waals surface area (Å²) < 4.78 is 54.0. The lowest BCUT2D eigenvalue weighted by Gasteiger charge is -2.31. The molecule has 7 nitrogen and oxygen atoms in total. The number of hydrogen-bond acceptors (Lipinski definition) is 6. The normalized spacial score (nSPS) is 17.6. The van der Waals surface area contributed by atoms with Crippen molar-refractivity contribution in [1.82, 2.24) is 4.72 Å². The van der Waals surface area contributed by atoms with Crippen molar-refractivity contribution in [1.29, 1.82) is 0 Å². The molecule has 178 valence electrons. The fraction of sp³-hybridized carbons (Fsp3) is 0.435. The van der Waals surface area contributed by atoms with Crippen LogP contribution in [0.25, 0.3) is 0 Å². The number of sulfonamides is 1. The van der Waals surface area contributed by atoms with E-state index >= 15 is 0 Å². The maximum absolute atomic E-state index is 14.1. The number of ether oxygens (including phenoxy) is 2. The Morgan fingerprint density at radius 2 is 1.85 bits per heavy atom. The van der Waals surface area contributed by atoms with Gasteiger partial charge in [-0.2, -0.15) is 16.5 Å². The molecule has 1 atom stereocenters. The molecule has 2 aliphatic rings. The Morgan fingerprint density at radius 3 is 2.58 bits per heavy atom. The average Bonchev–Trinajstić information content (AvgIpc) is 3.13. The third-order valence-electron chi connectivity index (χ3n) is 5.77. The van der Waals surface area contributed by atoms with Crippen LogP contribution in [0.1, 0.15) is 38.5 Å². The molecular weight excluding hydrogens is 467 g/mol. The van der Waals surface area contributed by atoms with E-state index < -0.39 is 38.5 Å². The molecule has 1 aliphatic carbocycles. The van der Waals surface area contributed by atoms with Gasteiger partial charge in [0.1, 0.15) is 16.8 Å². The smallest absolute Gasteiger partial charge is 0.251 e. The number of halogens is 1. The third-order valence-corrected chi connectivity index (χ3v) is 7.92. The largest absolute Gasteiger partial charge is 0.448 e. The minimum absolute atomic E-state index is 0.244. The Kier molecular flexibility index (Phi) is 7.16. The molecule has 1 spiro atoms. The molecule has 1 amide bonds. The zero-order chi connectivity index (χ0) is 23.5. The van der Waals surface area contributed by atoms with Gasteiger partial charge in [0.15, 0.2) is 11.5 Å². The minimum atomic E-state index is -4.23. The molecule has 0 bridgehead atoms. The number of anilines is 1. The first kappa shape index (κ1) is 23.8. The Bertz CT molecular complexity index is 1120. The summed E-state index contributed by atoms with van der Waals surface area (Å²) >= 11 is 1.48. The summed E-state index contributed by atoms with van der Waals surface area (Å²) in [4.78, 5) is 12.5. The molecule has 1 aliphatic heterocycles. The molecule has 2 N–H and O–H groups in total. The lowest BCUT2D eigenvalue weighted by atomic mass is 9.94. The first-order valence-corrected chi connectivity index (χ1v) is 13.8. The molecule has 33 heavy (non-hydrogen) atoms. The van der Waals surface area contributed by atoms with Gasteiger partial charge in [-0.25, -0.2) is 12.8 Å². The van der Waals surface area contributed by atoms with Crippen molar-refractivity contribution in [2.45, 2.75) is 55.2 Å². The lowest BCUT2D eigenvalue weighted by molar-refractivity contribution is -0.117. The molecule has 0 aromatic heterocycles. The average molecular weight is 495 g/mol. The summed E-state index contributed by atoms with van der Waals surface area (Å²) in [7, 11) is -4.23. The van der Waals surface area contributed by atoms with Gasteiger partial charge in [0.2, 0.25) is 15.9 Å². The lowest BCUT2D eigenvalue weighted by Crippen LogP contribution is -2.44. The van der Waals surface area contributed by atoms with E-state index in [1.54, 1.807) is 18.2 Å². The van der Waals surface area contributed by atoms with Crippen molar-refractivity contribution >= 4 is 33.4 Å². The topological polar surface area (TPSA) is 93.7 Å². The molecule has 1 heterocycles. The fourth-order valence-electron chi connectivity index (χ4n) is 4.09. The van der Waals surface area contributed by atoms with Gasteiger partial charge < -0.3 is 14.8 Å². The number of carbonyl (C=O) groups excluding carboxylic acids is 1. The van der Waals surface area contributed by atoms with Gasteiger partial charge in [0, 0.05) is 24.6 Å². The predicted octanol–water partition coefficient (Wildman–Crippen LogP) is 4.30. The van der Waals surface area contributed by atoms with Crippen LogP contribution in [0.15, 0.2) is 47.4 Å². The molecule has 1 unspecified atom stereocenters. The van der Waals surface area contributed by atoms with E-state index in [1.165, 1.54) is 30.0 Å². The molecule has 2 aromatic rings. The first-order valence-electron chi connectivity index (χ1n) is 10.9. The molecular formula is C23H27FN2O5S2. The summed E-state index contributed by atoms with van der Waals surface area (Å²) in [5.74, 6) is -0.297. The van der Waals surface area contributed by atoms with Crippen molar-refractivity contribution < 1.29 is 27.1 Å². The summed E-state index contributed by atoms with van der Waals surface area (Å²) in [6.45, 7) is 0. The van der Waals surface area contributed by atoms with E-state index in [-0.39, 0.29) is 6.42 Å². The van der Waals surface area contributed by atoms with E-state index in [1.807, 2.05) is 6.26 Å². The van der Waals surface area contributed by atoms with Crippen LogP contribution in [0.2, 0.25) is 0 Å². The van der Waals surface area contributed by atoms with Crippen molar-refractivity contribution in [2.24, 2.45) is 0 Å². The van der Waals surface area contributed by atoms with Crippen molar-refractivity contribution in [3.05, 3.63) is 48.3 Å². The minimum Gasteiger partial charge on any atom is -0.448 e. The molecule has 4 rings (SSSR count). The van der Waals surface area contributed by atoms with E-state index in [9.17, 15) is 17.6 Å².